The van der Waals surface area contributed by atoms with Crippen LogP contribution in [0.1, 0.15) is 93.4 Å². The van der Waals surface area contributed by atoms with Gasteiger partial charge in [0.1, 0.15) is 25.9 Å². The third kappa shape index (κ3) is 16.8. The minimum Gasteiger partial charge on any atom is -0.465 e. The molecule has 22 heteroatoms. The maximum atomic E-state index is 14.3. The lowest BCUT2D eigenvalue weighted by molar-refractivity contribution is -0.385. The zero-order chi connectivity index (χ0) is 56.0. The molecule has 0 amide bonds. The van der Waals surface area contributed by atoms with Gasteiger partial charge in [-0.05, 0) is 102 Å². The van der Waals surface area contributed by atoms with Crippen LogP contribution in [-0.4, -0.2) is 137 Å². The van der Waals surface area contributed by atoms with E-state index in [2.05, 4.69) is 6.58 Å². The summed E-state index contributed by atoms with van der Waals surface area (Å²) in [6.45, 7) is 10.9. The molecule has 0 saturated carbocycles. The quantitative estimate of drug-likeness (QED) is 0.0184. The summed E-state index contributed by atoms with van der Waals surface area (Å²) in [7, 11) is -1.27. The lowest BCUT2D eigenvalue weighted by atomic mass is 9.84. The molecule has 3 aromatic rings. The maximum Gasteiger partial charge on any atom is 0.338 e. The van der Waals surface area contributed by atoms with Crippen molar-refractivity contribution in [3.63, 3.8) is 0 Å². The Kier molecular flexibility index (Phi) is 21.2. The van der Waals surface area contributed by atoms with Crippen molar-refractivity contribution in [2.75, 3.05) is 46.4 Å². The minimum absolute atomic E-state index is 0.0377. The van der Waals surface area contributed by atoms with Crippen LogP contribution >= 0.6 is 0 Å². The summed E-state index contributed by atoms with van der Waals surface area (Å²) < 4.78 is 82.4. The largest absolute Gasteiger partial charge is 0.465 e. The lowest BCUT2D eigenvalue weighted by Gasteiger charge is -2.37. The van der Waals surface area contributed by atoms with E-state index in [1.54, 1.807) is 39.0 Å². The van der Waals surface area contributed by atoms with Crippen LogP contribution in [0.15, 0.2) is 108 Å². The molecular formula is C55H68N2O19S. The van der Waals surface area contributed by atoms with Crippen molar-refractivity contribution in [3.05, 3.63) is 134 Å². The average Bonchev–Trinajstić information content (AvgIpc) is 3.92. The Balaban J connectivity index is 1.25. The summed E-state index contributed by atoms with van der Waals surface area (Å²) in [6.07, 6.45) is -0.915. The Hall–Kier alpha value is -6.43. The predicted octanol–water partition coefficient (Wildman–Crippen LogP) is 7.92. The van der Waals surface area contributed by atoms with Crippen molar-refractivity contribution in [1.82, 2.24) is 0 Å². The van der Waals surface area contributed by atoms with Gasteiger partial charge < -0.3 is 42.6 Å². The van der Waals surface area contributed by atoms with Gasteiger partial charge in [-0.1, -0.05) is 36.4 Å². The molecule has 1 unspecified atom stereocenters. The summed E-state index contributed by atoms with van der Waals surface area (Å²) in [4.78, 5) is 73.4. The van der Waals surface area contributed by atoms with E-state index in [4.69, 9.17) is 42.6 Å². The first kappa shape index (κ1) is 59.8. The van der Waals surface area contributed by atoms with Crippen LogP contribution in [0, 0.1) is 37.5 Å². The van der Waals surface area contributed by atoms with Crippen LogP contribution < -0.4 is 0 Å². The fourth-order valence-corrected chi connectivity index (χ4v) is 11.3. The Morgan fingerprint density at radius 1 is 0.792 bits per heavy atom. The number of esters is 4. The van der Waals surface area contributed by atoms with Crippen LogP contribution in [-0.2, 0) is 62.1 Å². The van der Waals surface area contributed by atoms with Crippen molar-refractivity contribution >= 4 is 45.1 Å². The summed E-state index contributed by atoms with van der Waals surface area (Å²) in [5, 5.41) is 22.6. The van der Waals surface area contributed by atoms with Gasteiger partial charge in [0.2, 0.25) is 0 Å². The first-order valence-corrected chi connectivity index (χ1v) is 27.0. The molecule has 0 spiro atoms. The maximum absolute atomic E-state index is 14.3. The van der Waals surface area contributed by atoms with E-state index >= 15 is 0 Å². The summed E-state index contributed by atoms with van der Waals surface area (Å²) in [6, 6.07) is 17.2. The minimum atomic E-state index is -4.03. The zero-order valence-electron chi connectivity index (χ0n) is 44.1. The van der Waals surface area contributed by atoms with Crippen molar-refractivity contribution in [2.45, 2.75) is 126 Å². The van der Waals surface area contributed by atoms with E-state index in [1.165, 1.54) is 50.6 Å². The number of nitro groups is 2. The Morgan fingerprint density at radius 2 is 1.43 bits per heavy atom. The molecule has 21 nitrogen and oxygen atoms in total. The molecule has 2 saturated heterocycles. The van der Waals surface area contributed by atoms with Crippen LogP contribution in [0.4, 0.5) is 11.4 Å². The summed E-state index contributed by atoms with van der Waals surface area (Å²) >= 11 is 0. The van der Waals surface area contributed by atoms with E-state index < -0.39 is 104 Å². The zero-order valence-corrected chi connectivity index (χ0v) is 44.9. The molecule has 77 heavy (non-hydrogen) atoms. The Morgan fingerprint density at radius 3 is 2.03 bits per heavy atom. The normalized spacial score (nSPS) is 23.8. The number of rotatable bonds is 26. The smallest absolute Gasteiger partial charge is 0.338 e. The number of carbonyl (C=O) groups excluding carboxylic acids is 4. The number of non-ortho nitro benzene ring substituents is 2. The van der Waals surface area contributed by atoms with E-state index in [0.29, 0.717) is 32.1 Å². The number of hydrogen-bond acceptors (Lipinski definition) is 19. The number of ether oxygens (including phenoxy) is 9. The molecule has 3 heterocycles. The molecule has 0 aliphatic carbocycles. The fraction of sp³-hybridized carbons (Fsp3) is 0.527. The molecule has 0 radical (unpaired) electrons. The van der Waals surface area contributed by atoms with Crippen molar-refractivity contribution < 1.29 is 80.1 Å². The van der Waals surface area contributed by atoms with Crippen LogP contribution in [0.2, 0.25) is 0 Å². The van der Waals surface area contributed by atoms with Gasteiger partial charge in [0, 0.05) is 63.2 Å². The monoisotopic (exact) mass is 1090 g/mol. The third-order valence-electron chi connectivity index (χ3n) is 13.7. The molecular weight excluding hydrogens is 1020 g/mol. The molecule has 6 rings (SSSR count). The standard InChI is InChI=1S/C55H68N2O19S/c1-34-26-41(23-24-46-35(2)27-40(73-46)12-11-25-70-54(61)55(3,4)5)74-47(44(34)31-71-50(58)32-68-6)29-48-45(33-77(66,67)43-13-9-8-10-14-43)51(69-7)49(76-48)28-42(75-53(60)37-17-21-39(22-18-37)57(64)65)30-72-52(59)36-15-19-38(20-16-36)56(62)63/h8-10,13-22,26,40-42,44-49,51H,2,11-12,23-25,27-33H2,1,3-7H3/t40-,41-,42-,44?,45-,46-,47+,48-,49+,51+/m0/s1. The van der Waals surface area contributed by atoms with E-state index in [9.17, 15) is 47.8 Å². The van der Waals surface area contributed by atoms with E-state index in [-0.39, 0.29) is 78.2 Å². The predicted molar refractivity (Wildman–Crippen MR) is 276 cm³/mol. The molecule has 0 bridgehead atoms. The van der Waals surface area contributed by atoms with Crippen LogP contribution in [0.3, 0.4) is 0 Å². The molecule has 3 aliphatic rings. The van der Waals surface area contributed by atoms with Gasteiger partial charge in [-0.2, -0.15) is 0 Å². The number of sulfone groups is 1. The van der Waals surface area contributed by atoms with E-state index in [0.717, 1.165) is 35.4 Å². The Labute approximate surface area is 447 Å². The molecule has 418 valence electrons. The first-order valence-electron chi connectivity index (χ1n) is 25.4. The van der Waals surface area contributed by atoms with Crippen molar-refractivity contribution in [3.8, 4) is 0 Å². The molecule has 0 N–H and O–H groups in total. The van der Waals surface area contributed by atoms with Gasteiger partial charge in [-0.25, -0.2) is 22.8 Å². The lowest BCUT2D eigenvalue weighted by Crippen LogP contribution is -2.42. The average molecular weight is 1090 g/mol. The number of methoxy groups -OCH3 is 2. The summed E-state index contributed by atoms with van der Waals surface area (Å²) in [5.41, 5.74) is 0.554. The van der Waals surface area contributed by atoms with Gasteiger partial charge in [0.25, 0.3) is 11.4 Å². The number of carbonyl (C=O) groups is 4. The third-order valence-corrected chi connectivity index (χ3v) is 15.5. The molecule has 2 fully saturated rings. The number of benzene rings is 3. The highest BCUT2D eigenvalue weighted by molar-refractivity contribution is 7.91. The molecule has 3 aliphatic heterocycles. The van der Waals surface area contributed by atoms with Crippen molar-refractivity contribution in [1.29, 1.82) is 0 Å². The molecule has 10 atom stereocenters. The van der Waals surface area contributed by atoms with Gasteiger partial charge in [-0.3, -0.25) is 25.0 Å². The van der Waals surface area contributed by atoms with Gasteiger partial charge in [-0.15, -0.1) is 0 Å². The highest BCUT2D eigenvalue weighted by atomic mass is 32.2. The fourth-order valence-electron chi connectivity index (χ4n) is 9.64. The number of nitrogens with zero attached hydrogens (tertiary/aromatic N) is 2. The number of hydrogen-bond donors (Lipinski definition) is 0. The van der Waals surface area contributed by atoms with Crippen LogP contribution in [0.25, 0.3) is 0 Å². The first-order chi connectivity index (χ1) is 36.6. The highest BCUT2D eigenvalue weighted by Crippen LogP contribution is 2.41. The molecule has 3 aromatic carbocycles. The summed E-state index contributed by atoms with van der Waals surface area (Å²) in [5.74, 6) is -4.58. The van der Waals surface area contributed by atoms with Crippen LogP contribution in [0.5, 0.6) is 0 Å². The number of nitro benzene ring substituents is 2. The second kappa shape index (κ2) is 27.2. The SMILES string of the molecule is C=C1C[C@H](CCCOC(=O)C(C)(C)C)O[C@H]1CC[C@H]1C=C(C)C(COC(=O)COC)[C@@H](C[C@@H]2O[C@H](C[C@@H](COC(=O)c3ccc([N+](=O)[O-])cc3)OC(=O)c3ccc([N+](=O)[O-])cc3)[C@H](OC)[C@H]2CS(=O)(=O)c2ccccc2)O1. The Bertz CT molecular complexity index is 2690. The second-order valence-electron chi connectivity index (χ2n) is 20.4. The second-order valence-corrected chi connectivity index (χ2v) is 22.5. The topological polar surface area (TPSA) is 272 Å². The van der Waals surface area contributed by atoms with Crippen molar-refractivity contribution in [2.24, 2.45) is 17.3 Å². The van der Waals surface area contributed by atoms with Gasteiger partial charge in [0.05, 0.1) is 86.4 Å². The highest BCUT2D eigenvalue weighted by Gasteiger charge is 2.50. The molecule has 0 aromatic heterocycles. The van der Waals surface area contributed by atoms with E-state index in [1.807, 2.05) is 13.0 Å². The van der Waals surface area contributed by atoms with Gasteiger partial charge in [0.15, 0.2) is 9.84 Å². The van der Waals surface area contributed by atoms with Gasteiger partial charge >= 0.3 is 23.9 Å².